The standard InChI is InChI=1S/C22H23NO4/c1-13-8-10-23(11-9-13)22(25)20-14(2)26-21-17-7-5-4-6-16(17)19(12-18(20)21)27-15(3)24/h4-7,12-13H,8-11H2,1-3H3. The van der Waals surface area contributed by atoms with Gasteiger partial charge in [-0.3, -0.25) is 9.59 Å². The molecule has 0 saturated carbocycles. The summed E-state index contributed by atoms with van der Waals surface area (Å²) in [5, 5.41) is 2.33. The van der Waals surface area contributed by atoms with E-state index in [0.717, 1.165) is 36.7 Å². The molecule has 5 heteroatoms. The average molecular weight is 365 g/mol. The molecule has 0 radical (unpaired) electrons. The summed E-state index contributed by atoms with van der Waals surface area (Å²) in [7, 11) is 0. The molecule has 0 unspecified atom stereocenters. The fraction of sp³-hybridized carbons (Fsp3) is 0.364. The summed E-state index contributed by atoms with van der Waals surface area (Å²) in [6, 6.07) is 9.36. The lowest BCUT2D eigenvalue weighted by atomic mass is 9.98. The molecule has 0 spiro atoms. The van der Waals surface area contributed by atoms with Crippen LogP contribution < -0.4 is 4.74 Å². The lowest BCUT2D eigenvalue weighted by Gasteiger charge is -2.30. The van der Waals surface area contributed by atoms with Crippen molar-refractivity contribution >= 4 is 33.6 Å². The predicted molar refractivity (Wildman–Crippen MR) is 104 cm³/mol. The summed E-state index contributed by atoms with van der Waals surface area (Å²) in [5.41, 5.74) is 1.23. The van der Waals surface area contributed by atoms with Crippen LogP contribution in [0.15, 0.2) is 34.7 Å². The number of aryl methyl sites for hydroxylation is 1. The number of furan rings is 1. The number of hydrogen-bond donors (Lipinski definition) is 0. The molecule has 0 aliphatic carbocycles. The summed E-state index contributed by atoms with van der Waals surface area (Å²) in [4.78, 5) is 26.7. The minimum Gasteiger partial charge on any atom is -0.460 e. The Morgan fingerprint density at radius 2 is 1.78 bits per heavy atom. The molecule has 1 aliphatic rings. The number of nitrogens with zero attached hydrogens (tertiary/aromatic N) is 1. The maximum Gasteiger partial charge on any atom is 0.308 e. The van der Waals surface area contributed by atoms with E-state index in [9.17, 15) is 9.59 Å². The van der Waals surface area contributed by atoms with Gasteiger partial charge in [-0.1, -0.05) is 31.2 Å². The highest BCUT2D eigenvalue weighted by atomic mass is 16.5. The maximum absolute atomic E-state index is 13.2. The molecule has 1 aliphatic heterocycles. The van der Waals surface area contributed by atoms with Gasteiger partial charge in [0.05, 0.1) is 5.56 Å². The second-order valence-corrected chi connectivity index (χ2v) is 7.40. The van der Waals surface area contributed by atoms with Crippen LogP contribution >= 0.6 is 0 Å². The van der Waals surface area contributed by atoms with Crippen LogP contribution in [0.25, 0.3) is 21.7 Å². The topological polar surface area (TPSA) is 59.8 Å². The minimum absolute atomic E-state index is 0.0118. The molecule has 5 nitrogen and oxygen atoms in total. The van der Waals surface area contributed by atoms with Crippen molar-refractivity contribution in [2.24, 2.45) is 5.92 Å². The van der Waals surface area contributed by atoms with E-state index in [0.29, 0.717) is 34.0 Å². The van der Waals surface area contributed by atoms with E-state index in [1.165, 1.54) is 6.92 Å². The second-order valence-electron chi connectivity index (χ2n) is 7.40. The first-order valence-corrected chi connectivity index (χ1v) is 9.38. The molecular formula is C22H23NO4. The van der Waals surface area contributed by atoms with Gasteiger partial charge in [0.2, 0.25) is 0 Å². The first kappa shape index (κ1) is 17.6. The number of amides is 1. The molecule has 1 saturated heterocycles. The molecule has 1 aromatic heterocycles. The van der Waals surface area contributed by atoms with E-state index < -0.39 is 5.97 Å². The predicted octanol–water partition coefficient (Wildman–Crippen LogP) is 4.69. The number of carbonyl (C=O) groups excluding carboxylic acids is 2. The molecule has 27 heavy (non-hydrogen) atoms. The van der Waals surface area contributed by atoms with E-state index in [1.54, 1.807) is 6.07 Å². The normalized spacial score (nSPS) is 15.4. The Kier molecular flexibility index (Phi) is 4.38. The molecule has 1 fully saturated rings. The van der Waals surface area contributed by atoms with Crippen molar-refractivity contribution in [2.75, 3.05) is 13.1 Å². The van der Waals surface area contributed by atoms with Crippen molar-refractivity contribution < 1.29 is 18.7 Å². The molecular weight excluding hydrogens is 342 g/mol. The third kappa shape index (κ3) is 3.07. The number of rotatable bonds is 2. The van der Waals surface area contributed by atoms with Crippen molar-refractivity contribution in [3.05, 3.63) is 41.7 Å². The zero-order valence-electron chi connectivity index (χ0n) is 15.9. The van der Waals surface area contributed by atoms with Crippen molar-refractivity contribution in [1.29, 1.82) is 0 Å². The third-order valence-electron chi connectivity index (χ3n) is 5.37. The van der Waals surface area contributed by atoms with E-state index in [4.69, 9.17) is 9.15 Å². The zero-order chi connectivity index (χ0) is 19.1. The van der Waals surface area contributed by atoms with Gasteiger partial charge in [0.1, 0.15) is 17.1 Å². The van der Waals surface area contributed by atoms with Crippen LogP contribution in [0.5, 0.6) is 5.75 Å². The van der Waals surface area contributed by atoms with Crippen LogP contribution in [0.3, 0.4) is 0 Å². The highest BCUT2D eigenvalue weighted by molar-refractivity contribution is 6.16. The van der Waals surface area contributed by atoms with Crippen molar-refractivity contribution in [3.8, 4) is 5.75 Å². The first-order valence-electron chi connectivity index (χ1n) is 9.38. The molecule has 2 heterocycles. The molecule has 3 aromatic rings. The largest absolute Gasteiger partial charge is 0.460 e. The number of fused-ring (bicyclic) bond motifs is 3. The molecule has 140 valence electrons. The number of piperidine rings is 1. The van der Waals surface area contributed by atoms with Gasteiger partial charge in [0.15, 0.2) is 0 Å². The summed E-state index contributed by atoms with van der Waals surface area (Å²) in [6.07, 6.45) is 2.03. The third-order valence-corrected chi connectivity index (χ3v) is 5.37. The highest BCUT2D eigenvalue weighted by Crippen LogP contribution is 2.38. The van der Waals surface area contributed by atoms with E-state index in [2.05, 4.69) is 6.92 Å². The molecule has 4 rings (SSSR count). The van der Waals surface area contributed by atoms with Gasteiger partial charge in [0, 0.05) is 36.2 Å². The summed E-state index contributed by atoms with van der Waals surface area (Å²) < 4.78 is 11.5. The summed E-state index contributed by atoms with van der Waals surface area (Å²) in [6.45, 7) is 6.94. The van der Waals surface area contributed by atoms with Crippen LogP contribution in [0.1, 0.15) is 42.8 Å². The van der Waals surface area contributed by atoms with Gasteiger partial charge >= 0.3 is 5.97 Å². The van der Waals surface area contributed by atoms with Crippen molar-refractivity contribution in [2.45, 2.75) is 33.6 Å². The van der Waals surface area contributed by atoms with E-state index in [-0.39, 0.29) is 5.91 Å². The Labute approximate surface area is 157 Å². The van der Waals surface area contributed by atoms with E-state index in [1.807, 2.05) is 36.1 Å². The zero-order valence-corrected chi connectivity index (χ0v) is 15.9. The number of benzene rings is 2. The Morgan fingerprint density at radius 1 is 1.11 bits per heavy atom. The first-order chi connectivity index (χ1) is 13.0. The number of hydrogen-bond acceptors (Lipinski definition) is 4. The Bertz CT molecular complexity index is 1040. The Hall–Kier alpha value is -2.82. The fourth-order valence-corrected chi connectivity index (χ4v) is 3.88. The van der Waals surface area contributed by atoms with Crippen LogP contribution in [-0.4, -0.2) is 29.9 Å². The van der Waals surface area contributed by atoms with Gasteiger partial charge in [-0.05, 0) is 31.7 Å². The molecule has 0 N–H and O–H groups in total. The monoisotopic (exact) mass is 365 g/mol. The second kappa shape index (κ2) is 6.72. The minimum atomic E-state index is -0.391. The lowest BCUT2D eigenvalue weighted by Crippen LogP contribution is -2.38. The maximum atomic E-state index is 13.2. The summed E-state index contributed by atoms with van der Waals surface area (Å²) >= 11 is 0. The number of esters is 1. The van der Waals surface area contributed by atoms with Gasteiger partial charge in [-0.25, -0.2) is 0 Å². The van der Waals surface area contributed by atoms with Gasteiger partial charge in [-0.15, -0.1) is 0 Å². The van der Waals surface area contributed by atoms with Crippen molar-refractivity contribution in [1.82, 2.24) is 4.90 Å². The van der Waals surface area contributed by atoms with Crippen LogP contribution in [0.4, 0.5) is 0 Å². The fourth-order valence-electron chi connectivity index (χ4n) is 3.88. The number of likely N-dealkylation sites (tertiary alicyclic amines) is 1. The Balaban J connectivity index is 1.89. The van der Waals surface area contributed by atoms with Crippen LogP contribution in [-0.2, 0) is 4.79 Å². The number of ether oxygens (including phenoxy) is 1. The molecule has 0 atom stereocenters. The van der Waals surface area contributed by atoms with Crippen LogP contribution in [0, 0.1) is 12.8 Å². The Morgan fingerprint density at radius 3 is 2.44 bits per heavy atom. The van der Waals surface area contributed by atoms with Gasteiger partial charge < -0.3 is 14.1 Å². The average Bonchev–Trinajstić information content (AvgIpc) is 2.97. The van der Waals surface area contributed by atoms with Gasteiger partial charge in [-0.2, -0.15) is 0 Å². The lowest BCUT2D eigenvalue weighted by molar-refractivity contribution is -0.131. The van der Waals surface area contributed by atoms with Crippen LogP contribution in [0.2, 0.25) is 0 Å². The van der Waals surface area contributed by atoms with Gasteiger partial charge in [0.25, 0.3) is 5.91 Å². The quantitative estimate of drug-likeness (QED) is 0.488. The smallest absolute Gasteiger partial charge is 0.308 e. The molecule has 0 bridgehead atoms. The SMILES string of the molecule is CC(=O)Oc1cc2c(C(=O)N3CCC(C)CC3)c(C)oc2c2ccccc12. The van der Waals surface area contributed by atoms with Crippen molar-refractivity contribution in [3.63, 3.8) is 0 Å². The highest BCUT2D eigenvalue weighted by Gasteiger charge is 2.27. The summed E-state index contributed by atoms with van der Waals surface area (Å²) in [5.74, 6) is 1.29. The molecule has 2 aromatic carbocycles. The molecule has 1 amide bonds. The van der Waals surface area contributed by atoms with E-state index >= 15 is 0 Å². The number of carbonyl (C=O) groups is 2.